The fraction of sp³-hybridized carbons (Fsp3) is 0.316. The van der Waals surface area contributed by atoms with E-state index in [1.807, 2.05) is 38.1 Å². The molecule has 130 valence electrons. The van der Waals surface area contributed by atoms with Gasteiger partial charge in [-0.2, -0.15) is 0 Å². The zero-order valence-corrected chi connectivity index (χ0v) is 14.9. The standard InChI is InChI=1S/C19H21N3O3/c1-12-6-5-7-15(10-12)24-9-8-22(4)19(23)16-11-13(2)20-18-17(16)14(3)21-25-18/h5-7,10-11H,8-9H2,1-4H3. The molecule has 0 radical (unpaired) electrons. The quantitative estimate of drug-likeness (QED) is 0.713. The van der Waals surface area contributed by atoms with Gasteiger partial charge in [-0.3, -0.25) is 4.79 Å². The molecule has 0 aliphatic rings. The molecule has 0 saturated carbocycles. The van der Waals surface area contributed by atoms with Gasteiger partial charge in [0.1, 0.15) is 12.4 Å². The second-order valence-electron chi connectivity index (χ2n) is 6.15. The van der Waals surface area contributed by atoms with Gasteiger partial charge in [0.25, 0.3) is 11.6 Å². The average Bonchev–Trinajstić information content (AvgIpc) is 2.94. The van der Waals surface area contributed by atoms with Crippen LogP contribution in [0.25, 0.3) is 11.1 Å². The van der Waals surface area contributed by atoms with Gasteiger partial charge in [0.15, 0.2) is 0 Å². The molecule has 2 aromatic heterocycles. The van der Waals surface area contributed by atoms with Gasteiger partial charge in [0, 0.05) is 12.7 Å². The summed E-state index contributed by atoms with van der Waals surface area (Å²) in [7, 11) is 1.76. The number of ether oxygens (including phenoxy) is 1. The van der Waals surface area contributed by atoms with Crippen molar-refractivity contribution in [2.75, 3.05) is 20.2 Å². The molecule has 6 heteroatoms. The van der Waals surface area contributed by atoms with E-state index in [1.165, 1.54) is 0 Å². The summed E-state index contributed by atoms with van der Waals surface area (Å²) in [6, 6.07) is 9.61. The maximum atomic E-state index is 12.8. The molecular formula is C19H21N3O3. The molecule has 1 aromatic carbocycles. The van der Waals surface area contributed by atoms with Gasteiger partial charge in [0.05, 0.1) is 23.2 Å². The summed E-state index contributed by atoms with van der Waals surface area (Å²) in [6.07, 6.45) is 0. The maximum absolute atomic E-state index is 12.8. The maximum Gasteiger partial charge on any atom is 0.258 e. The van der Waals surface area contributed by atoms with Crippen molar-refractivity contribution >= 4 is 17.0 Å². The molecule has 0 spiro atoms. The van der Waals surface area contributed by atoms with E-state index in [0.717, 1.165) is 17.0 Å². The molecule has 2 heterocycles. The number of carbonyl (C=O) groups is 1. The Kier molecular flexibility index (Phi) is 4.70. The first-order valence-corrected chi connectivity index (χ1v) is 8.14. The van der Waals surface area contributed by atoms with Gasteiger partial charge in [-0.1, -0.05) is 17.3 Å². The van der Waals surface area contributed by atoms with E-state index in [1.54, 1.807) is 24.9 Å². The molecule has 1 amide bonds. The zero-order chi connectivity index (χ0) is 18.0. The fourth-order valence-corrected chi connectivity index (χ4v) is 2.70. The first-order valence-electron chi connectivity index (χ1n) is 8.14. The number of aryl methyl sites for hydroxylation is 3. The van der Waals surface area contributed by atoms with E-state index >= 15 is 0 Å². The van der Waals surface area contributed by atoms with Crippen molar-refractivity contribution in [2.45, 2.75) is 20.8 Å². The molecule has 0 aliphatic heterocycles. The van der Waals surface area contributed by atoms with Crippen molar-refractivity contribution in [1.82, 2.24) is 15.0 Å². The molecule has 0 aliphatic carbocycles. The molecule has 25 heavy (non-hydrogen) atoms. The van der Waals surface area contributed by atoms with Crippen molar-refractivity contribution < 1.29 is 14.1 Å². The highest BCUT2D eigenvalue weighted by Gasteiger charge is 2.20. The lowest BCUT2D eigenvalue weighted by atomic mass is 10.1. The average molecular weight is 339 g/mol. The number of rotatable bonds is 5. The summed E-state index contributed by atoms with van der Waals surface area (Å²) in [5.74, 6) is 0.701. The third-order valence-electron chi connectivity index (χ3n) is 4.01. The Balaban J connectivity index is 1.71. The van der Waals surface area contributed by atoms with Crippen molar-refractivity contribution in [2.24, 2.45) is 0 Å². The predicted molar refractivity (Wildman–Crippen MR) is 94.9 cm³/mol. The number of fused-ring (bicyclic) bond motifs is 1. The van der Waals surface area contributed by atoms with Crippen molar-refractivity contribution in [3.05, 3.63) is 52.8 Å². The van der Waals surface area contributed by atoms with Crippen LogP contribution in [0.5, 0.6) is 5.75 Å². The lowest BCUT2D eigenvalue weighted by molar-refractivity contribution is 0.0775. The Morgan fingerprint density at radius 3 is 2.80 bits per heavy atom. The van der Waals surface area contributed by atoms with E-state index in [2.05, 4.69) is 10.1 Å². The van der Waals surface area contributed by atoms with Crippen LogP contribution in [0.15, 0.2) is 34.9 Å². The van der Waals surface area contributed by atoms with Gasteiger partial charge in [-0.05, 0) is 44.5 Å². The Morgan fingerprint density at radius 1 is 1.24 bits per heavy atom. The van der Waals surface area contributed by atoms with Crippen LogP contribution in [0, 0.1) is 20.8 Å². The summed E-state index contributed by atoms with van der Waals surface area (Å²) >= 11 is 0. The summed E-state index contributed by atoms with van der Waals surface area (Å²) in [6.45, 7) is 6.54. The topological polar surface area (TPSA) is 68.5 Å². The number of likely N-dealkylation sites (N-methyl/N-ethyl adjacent to an activating group) is 1. The zero-order valence-electron chi connectivity index (χ0n) is 14.9. The van der Waals surface area contributed by atoms with E-state index in [9.17, 15) is 4.79 Å². The van der Waals surface area contributed by atoms with Crippen LogP contribution in [0.4, 0.5) is 0 Å². The smallest absolute Gasteiger partial charge is 0.258 e. The largest absolute Gasteiger partial charge is 0.492 e. The van der Waals surface area contributed by atoms with Crippen LogP contribution >= 0.6 is 0 Å². The molecule has 0 atom stereocenters. The number of hydrogen-bond donors (Lipinski definition) is 0. The summed E-state index contributed by atoms with van der Waals surface area (Å²) in [4.78, 5) is 18.8. The number of pyridine rings is 1. The normalized spacial score (nSPS) is 10.9. The number of amides is 1. The van der Waals surface area contributed by atoms with Crippen molar-refractivity contribution in [3.8, 4) is 5.75 Å². The summed E-state index contributed by atoms with van der Waals surface area (Å²) in [5.41, 5.74) is 3.47. The minimum Gasteiger partial charge on any atom is -0.492 e. The molecule has 3 aromatic rings. The molecule has 0 N–H and O–H groups in total. The van der Waals surface area contributed by atoms with Gasteiger partial charge in [0.2, 0.25) is 0 Å². The number of carbonyl (C=O) groups excluding carboxylic acids is 1. The van der Waals surface area contributed by atoms with Crippen LogP contribution in [-0.2, 0) is 0 Å². The van der Waals surface area contributed by atoms with Gasteiger partial charge in [-0.15, -0.1) is 0 Å². The molecule has 3 rings (SSSR count). The second-order valence-corrected chi connectivity index (χ2v) is 6.15. The predicted octanol–water partition coefficient (Wildman–Crippen LogP) is 3.30. The Labute approximate surface area is 146 Å². The number of benzene rings is 1. The lowest BCUT2D eigenvalue weighted by Gasteiger charge is -2.18. The minimum atomic E-state index is -0.102. The molecule has 6 nitrogen and oxygen atoms in total. The van der Waals surface area contributed by atoms with Crippen molar-refractivity contribution in [3.63, 3.8) is 0 Å². The van der Waals surface area contributed by atoms with Gasteiger partial charge < -0.3 is 14.2 Å². The number of aromatic nitrogens is 2. The van der Waals surface area contributed by atoms with Gasteiger partial charge in [-0.25, -0.2) is 4.98 Å². The van der Waals surface area contributed by atoms with E-state index in [4.69, 9.17) is 9.26 Å². The first kappa shape index (κ1) is 17.0. The lowest BCUT2D eigenvalue weighted by Crippen LogP contribution is -2.31. The van der Waals surface area contributed by atoms with E-state index in [0.29, 0.717) is 35.5 Å². The molecular weight excluding hydrogens is 318 g/mol. The van der Waals surface area contributed by atoms with E-state index in [-0.39, 0.29) is 5.91 Å². The van der Waals surface area contributed by atoms with Gasteiger partial charge >= 0.3 is 0 Å². The third-order valence-corrected chi connectivity index (χ3v) is 4.01. The molecule has 0 fully saturated rings. The van der Waals surface area contributed by atoms with Crippen molar-refractivity contribution in [1.29, 1.82) is 0 Å². The van der Waals surface area contributed by atoms with Crippen LogP contribution in [0.3, 0.4) is 0 Å². The summed E-state index contributed by atoms with van der Waals surface area (Å²) in [5, 5.41) is 4.58. The Bertz CT molecular complexity index is 917. The number of nitrogens with zero attached hydrogens (tertiary/aromatic N) is 3. The monoisotopic (exact) mass is 339 g/mol. The third kappa shape index (κ3) is 3.63. The molecule has 0 unspecified atom stereocenters. The van der Waals surface area contributed by atoms with Crippen LogP contribution in [0.2, 0.25) is 0 Å². The first-order chi connectivity index (χ1) is 12.0. The molecule has 0 bridgehead atoms. The minimum absolute atomic E-state index is 0.102. The van der Waals surface area contributed by atoms with E-state index < -0.39 is 0 Å². The van der Waals surface area contributed by atoms with Crippen LogP contribution in [0.1, 0.15) is 27.3 Å². The Hall–Kier alpha value is -2.89. The Morgan fingerprint density at radius 2 is 2.04 bits per heavy atom. The van der Waals surface area contributed by atoms with Crippen LogP contribution < -0.4 is 4.74 Å². The number of hydrogen-bond acceptors (Lipinski definition) is 5. The summed E-state index contributed by atoms with van der Waals surface area (Å²) < 4.78 is 10.9. The highest BCUT2D eigenvalue weighted by Crippen LogP contribution is 2.23. The van der Waals surface area contributed by atoms with Crippen LogP contribution in [-0.4, -0.2) is 41.1 Å². The second kappa shape index (κ2) is 6.93. The SMILES string of the molecule is Cc1cccc(OCCN(C)C(=O)c2cc(C)nc3onc(C)c23)c1. The molecule has 0 saturated heterocycles. The highest BCUT2D eigenvalue weighted by atomic mass is 16.5. The fourth-order valence-electron chi connectivity index (χ4n) is 2.70. The highest BCUT2D eigenvalue weighted by molar-refractivity contribution is 6.05.